The van der Waals surface area contributed by atoms with E-state index in [1.165, 1.54) is 15.6 Å². The molecule has 4 nitrogen and oxygen atoms in total. The zero-order valence-electron chi connectivity index (χ0n) is 11.8. The van der Waals surface area contributed by atoms with Crippen molar-refractivity contribution in [2.75, 3.05) is 18.9 Å². The van der Waals surface area contributed by atoms with E-state index in [4.69, 9.17) is 11.6 Å². The normalized spacial score (nSPS) is 11.8. The summed E-state index contributed by atoms with van der Waals surface area (Å²) < 4.78 is 27.4. The molecule has 2 aromatic rings. The zero-order chi connectivity index (χ0) is 15.5. The molecule has 21 heavy (non-hydrogen) atoms. The maximum Gasteiger partial charge on any atom is 0.245 e. The molecule has 7 heteroatoms. The van der Waals surface area contributed by atoms with E-state index >= 15 is 0 Å². The number of anilines is 1. The number of nitrogens with one attached hydrogen (secondary N) is 1. The molecule has 0 unspecified atom stereocenters. The Hall–Kier alpha value is -1.08. The molecule has 0 saturated carbocycles. The van der Waals surface area contributed by atoms with Crippen LogP contribution in [0.25, 0.3) is 0 Å². The first-order valence-electron chi connectivity index (χ1n) is 6.48. The molecule has 2 rings (SSSR count). The van der Waals surface area contributed by atoms with Gasteiger partial charge in [-0.3, -0.25) is 0 Å². The predicted octanol–water partition coefficient (Wildman–Crippen LogP) is 3.65. The lowest BCUT2D eigenvalue weighted by molar-refractivity contribution is 0.470. The predicted molar refractivity (Wildman–Crippen MR) is 88.6 cm³/mol. The van der Waals surface area contributed by atoms with Crippen molar-refractivity contribution >= 4 is 38.6 Å². The van der Waals surface area contributed by atoms with Gasteiger partial charge in [0.25, 0.3) is 0 Å². The van der Waals surface area contributed by atoms with Gasteiger partial charge in [0.15, 0.2) is 0 Å². The molecule has 0 atom stereocenters. The van der Waals surface area contributed by atoms with Crippen LogP contribution in [0.15, 0.2) is 41.3 Å². The van der Waals surface area contributed by atoms with Gasteiger partial charge in [-0.25, -0.2) is 8.42 Å². The molecule has 0 aliphatic rings. The summed E-state index contributed by atoms with van der Waals surface area (Å²) in [4.78, 5) is 1.20. The Balaban J connectivity index is 2.28. The number of hydrogen-bond acceptors (Lipinski definition) is 4. The number of nitrogens with zero attached hydrogens (tertiary/aromatic N) is 1. The van der Waals surface area contributed by atoms with Crippen LogP contribution < -0.4 is 5.32 Å². The summed E-state index contributed by atoms with van der Waals surface area (Å²) in [6.45, 7) is 2.90. The summed E-state index contributed by atoms with van der Waals surface area (Å²) in [6.07, 6.45) is 0. The smallest absolute Gasteiger partial charge is 0.245 e. The van der Waals surface area contributed by atoms with Crippen LogP contribution in [0.2, 0.25) is 4.34 Å². The van der Waals surface area contributed by atoms with Gasteiger partial charge in [0.2, 0.25) is 10.0 Å². The average Bonchev–Trinajstić information content (AvgIpc) is 2.85. The van der Waals surface area contributed by atoms with E-state index in [1.54, 1.807) is 31.3 Å². The van der Waals surface area contributed by atoms with Crippen molar-refractivity contribution in [2.24, 2.45) is 0 Å². The highest BCUT2D eigenvalue weighted by Crippen LogP contribution is 2.27. The minimum Gasteiger partial charge on any atom is -0.384 e. The van der Waals surface area contributed by atoms with Crippen molar-refractivity contribution in [3.8, 4) is 0 Å². The molecule has 1 aromatic carbocycles. The third-order valence-corrected chi connectivity index (χ3v) is 6.03. The molecule has 0 amide bonds. The van der Waals surface area contributed by atoms with Gasteiger partial charge >= 0.3 is 0 Å². The summed E-state index contributed by atoms with van der Waals surface area (Å²) in [5, 5.41) is 3.08. The second kappa shape index (κ2) is 6.79. The fourth-order valence-corrected chi connectivity index (χ4v) is 4.47. The molecule has 1 heterocycles. The van der Waals surface area contributed by atoms with Gasteiger partial charge in [0.05, 0.1) is 10.0 Å². The lowest BCUT2D eigenvalue weighted by atomic mass is 10.3. The van der Waals surface area contributed by atoms with E-state index in [9.17, 15) is 8.42 Å². The van der Waals surface area contributed by atoms with E-state index in [0.29, 0.717) is 23.1 Å². The summed E-state index contributed by atoms with van der Waals surface area (Å²) in [6, 6.07) is 10.5. The molecule has 1 N–H and O–H groups in total. The van der Waals surface area contributed by atoms with Crippen LogP contribution in [0.3, 0.4) is 0 Å². The number of rotatable bonds is 6. The van der Waals surface area contributed by atoms with Crippen LogP contribution in [0.1, 0.15) is 11.8 Å². The van der Waals surface area contributed by atoms with Crippen molar-refractivity contribution in [1.82, 2.24) is 4.31 Å². The molecule has 114 valence electrons. The fraction of sp³-hybridized carbons (Fsp3) is 0.286. The first kappa shape index (κ1) is 16.3. The molecule has 0 aliphatic carbocycles. The lowest BCUT2D eigenvalue weighted by Gasteiger charge is -2.19. The van der Waals surface area contributed by atoms with Crippen LogP contribution in [0.5, 0.6) is 0 Å². The van der Waals surface area contributed by atoms with Crippen molar-refractivity contribution in [2.45, 2.75) is 18.4 Å². The van der Waals surface area contributed by atoms with Crippen LogP contribution in [-0.4, -0.2) is 26.3 Å². The number of halogens is 1. The summed E-state index contributed by atoms with van der Waals surface area (Å²) in [5.41, 5.74) is 0.621. The third-order valence-electron chi connectivity index (χ3n) is 2.95. The van der Waals surface area contributed by atoms with Crippen LogP contribution >= 0.6 is 22.9 Å². The molecule has 0 aliphatic heterocycles. The van der Waals surface area contributed by atoms with Crippen LogP contribution in [0.4, 0.5) is 5.69 Å². The molecule has 0 radical (unpaired) electrons. The maximum atomic E-state index is 12.7. The van der Waals surface area contributed by atoms with Gasteiger partial charge in [-0.2, -0.15) is 4.31 Å². The minimum absolute atomic E-state index is 0.289. The molecule has 0 spiro atoms. The summed E-state index contributed by atoms with van der Waals surface area (Å²) in [5.74, 6) is 0. The maximum absolute atomic E-state index is 12.7. The first-order chi connectivity index (χ1) is 9.95. The number of benzene rings is 1. The van der Waals surface area contributed by atoms with E-state index < -0.39 is 10.0 Å². The van der Waals surface area contributed by atoms with Crippen LogP contribution in [0, 0.1) is 0 Å². The number of para-hydroxylation sites is 1. The van der Waals surface area contributed by atoms with Gasteiger partial charge in [0.1, 0.15) is 4.90 Å². The second-order valence-corrected chi connectivity index (χ2v) is 8.31. The molecule has 0 bridgehead atoms. The Morgan fingerprint density at radius 1 is 1.24 bits per heavy atom. The van der Waals surface area contributed by atoms with Crippen molar-refractivity contribution < 1.29 is 8.42 Å². The summed E-state index contributed by atoms with van der Waals surface area (Å²) in [7, 11) is -1.97. The van der Waals surface area contributed by atoms with Crippen LogP contribution in [-0.2, 0) is 16.6 Å². The SMILES string of the molecule is CCNc1ccccc1S(=O)(=O)N(C)Cc1ccc(Cl)s1. The third kappa shape index (κ3) is 3.77. The van der Waals surface area contributed by atoms with E-state index in [1.807, 2.05) is 19.1 Å². The monoisotopic (exact) mass is 344 g/mol. The lowest BCUT2D eigenvalue weighted by Crippen LogP contribution is -2.27. The minimum atomic E-state index is -3.55. The largest absolute Gasteiger partial charge is 0.384 e. The van der Waals surface area contributed by atoms with E-state index in [0.717, 1.165) is 4.88 Å². The van der Waals surface area contributed by atoms with Crippen molar-refractivity contribution in [1.29, 1.82) is 0 Å². The Bertz CT molecular complexity index is 713. The molecular formula is C14H17ClN2O2S2. The second-order valence-electron chi connectivity index (χ2n) is 4.49. The van der Waals surface area contributed by atoms with Gasteiger partial charge in [-0.05, 0) is 31.2 Å². The highest BCUT2D eigenvalue weighted by molar-refractivity contribution is 7.89. The molecular weight excluding hydrogens is 328 g/mol. The van der Waals surface area contributed by atoms with E-state index in [-0.39, 0.29) is 4.90 Å². The average molecular weight is 345 g/mol. The van der Waals surface area contributed by atoms with Gasteiger partial charge in [0, 0.05) is 25.0 Å². The topological polar surface area (TPSA) is 49.4 Å². The quantitative estimate of drug-likeness (QED) is 0.870. The number of sulfonamides is 1. The number of thiophene rings is 1. The van der Waals surface area contributed by atoms with Gasteiger partial charge in [-0.1, -0.05) is 23.7 Å². The van der Waals surface area contributed by atoms with Gasteiger partial charge in [-0.15, -0.1) is 11.3 Å². The zero-order valence-corrected chi connectivity index (χ0v) is 14.2. The number of hydrogen-bond donors (Lipinski definition) is 1. The first-order valence-corrected chi connectivity index (χ1v) is 9.12. The van der Waals surface area contributed by atoms with Gasteiger partial charge < -0.3 is 5.32 Å². The van der Waals surface area contributed by atoms with E-state index in [2.05, 4.69) is 5.32 Å². The Morgan fingerprint density at radius 2 is 1.95 bits per heavy atom. The van der Waals surface area contributed by atoms with Crippen molar-refractivity contribution in [3.05, 3.63) is 45.6 Å². The fourth-order valence-electron chi connectivity index (χ4n) is 1.94. The Morgan fingerprint density at radius 3 is 2.57 bits per heavy atom. The molecule has 0 fully saturated rings. The highest BCUT2D eigenvalue weighted by atomic mass is 35.5. The Labute approximate surface area is 134 Å². The summed E-state index contributed by atoms with van der Waals surface area (Å²) >= 11 is 7.27. The van der Waals surface area contributed by atoms with Crippen molar-refractivity contribution in [3.63, 3.8) is 0 Å². The Kier molecular flexibility index (Phi) is 5.27. The standard InChI is InChI=1S/C14H17ClN2O2S2/c1-3-16-12-6-4-5-7-13(12)21(18,19)17(2)10-11-8-9-14(15)20-11/h4-9,16H,3,10H2,1-2H3. The molecule has 0 saturated heterocycles. The molecule has 1 aromatic heterocycles. The highest BCUT2D eigenvalue weighted by Gasteiger charge is 2.24.